The smallest absolute Gasteiger partial charge is 0.271 e. The average Bonchev–Trinajstić information content (AvgIpc) is 3.41. The van der Waals surface area contributed by atoms with Crippen LogP contribution in [0, 0.1) is 29.6 Å². The minimum Gasteiger partial charge on any atom is -0.350 e. The Morgan fingerprint density at radius 3 is 2.19 bits per heavy atom. The van der Waals surface area contributed by atoms with Crippen LogP contribution < -0.4 is 0 Å². The zero-order valence-corrected chi connectivity index (χ0v) is 22.4. The van der Waals surface area contributed by atoms with Crippen molar-refractivity contribution in [1.82, 2.24) is 0 Å². The van der Waals surface area contributed by atoms with E-state index >= 15 is 0 Å². The average molecular weight is 525 g/mol. The van der Waals surface area contributed by atoms with E-state index in [0.29, 0.717) is 17.8 Å². The summed E-state index contributed by atoms with van der Waals surface area (Å²) in [5.41, 5.74) is 0. The summed E-state index contributed by atoms with van der Waals surface area (Å²) in [5, 5.41) is -0.290. The van der Waals surface area contributed by atoms with Crippen molar-refractivity contribution in [2.75, 3.05) is 19.8 Å². The minimum atomic E-state index is -3.43. The molecule has 3 heterocycles. The van der Waals surface area contributed by atoms with Crippen molar-refractivity contribution in [2.24, 2.45) is 29.6 Å². The fourth-order valence-electron chi connectivity index (χ4n) is 9.42. The molecule has 2 bridgehead atoms. The Kier molecular flexibility index (Phi) is 6.50. The summed E-state index contributed by atoms with van der Waals surface area (Å²) < 4.78 is 57.4. The van der Waals surface area contributed by atoms with Crippen molar-refractivity contribution < 1.29 is 31.5 Å². The van der Waals surface area contributed by atoms with Gasteiger partial charge in [-0.25, -0.2) is 0 Å². The van der Waals surface area contributed by atoms with Gasteiger partial charge in [-0.3, -0.25) is 4.18 Å². The van der Waals surface area contributed by atoms with E-state index in [-0.39, 0.29) is 35.1 Å². The first-order chi connectivity index (χ1) is 17.5. The first-order valence-electron chi connectivity index (χ1n) is 15.0. The van der Waals surface area contributed by atoms with Gasteiger partial charge in [0.25, 0.3) is 10.1 Å². The second-order valence-electron chi connectivity index (χ2n) is 13.0. The Labute approximate surface area is 216 Å². The summed E-state index contributed by atoms with van der Waals surface area (Å²) in [6.07, 6.45) is 15.7. The third kappa shape index (κ3) is 4.30. The van der Waals surface area contributed by atoms with Gasteiger partial charge in [0.15, 0.2) is 11.6 Å². The normalized spacial score (nSPS) is 48.6. The molecule has 8 atom stereocenters. The highest BCUT2D eigenvalue weighted by Gasteiger charge is 2.66. The number of hydrogen-bond acceptors (Lipinski definition) is 7. The van der Waals surface area contributed by atoms with Gasteiger partial charge in [0.05, 0.1) is 37.3 Å². The topological polar surface area (TPSA) is 80.3 Å². The van der Waals surface area contributed by atoms with Crippen LogP contribution in [0.25, 0.3) is 0 Å². The Morgan fingerprint density at radius 2 is 1.39 bits per heavy atom. The molecule has 0 aromatic carbocycles. The molecule has 4 aliphatic carbocycles. The molecule has 7 nitrogen and oxygen atoms in total. The highest BCUT2D eigenvalue weighted by Crippen LogP contribution is 2.61. The van der Waals surface area contributed by atoms with Crippen LogP contribution in [0.5, 0.6) is 0 Å². The lowest BCUT2D eigenvalue weighted by Crippen LogP contribution is -2.49. The van der Waals surface area contributed by atoms with Crippen molar-refractivity contribution in [1.29, 1.82) is 0 Å². The van der Waals surface area contributed by atoms with Gasteiger partial charge >= 0.3 is 0 Å². The van der Waals surface area contributed by atoms with E-state index in [4.69, 9.17) is 23.1 Å². The molecular formula is C28H44O7S. The van der Waals surface area contributed by atoms with E-state index in [1.165, 1.54) is 6.42 Å². The van der Waals surface area contributed by atoms with Crippen molar-refractivity contribution in [2.45, 2.75) is 125 Å². The van der Waals surface area contributed by atoms with Gasteiger partial charge < -0.3 is 18.9 Å². The summed E-state index contributed by atoms with van der Waals surface area (Å²) in [5.74, 6) is 0.867. The SMILES string of the molecule is O=S1(=O)OC2CC3CC2C1C3C1CCCC2(C1)OCCCC(C1CCC3(CC1)OCCCCCO3)O2. The molecule has 3 saturated heterocycles. The summed E-state index contributed by atoms with van der Waals surface area (Å²) in [7, 11) is -3.43. The predicted molar refractivity (Wildman–Crippen MR) is 132 cm³/mol. The zero-order chi connectivity index (χ0) is 24.4. The maximum atomic E-state index is 12.9. The first kappa shape index (κ1) is 24.8. The van der Waals surface area contributed by atoms with E-state index in [9.17, 15) is 8.42 Å². The molecular weight excluding hydrogens is 480 g/mol. The van der Waals surface area contributed by atoms with E-state index in [0.717, 1.165) is 110 Å². The number of fused-ring (bicyclic) bond motifs is 1. The van der Waals surface area contributed by atoms with Gasteiger partial charge in [-0.15, -0.1) is 0 Å². The lowest BCUT2D eigenvalue weighted by molar-refractivity contribution is -0.289. The van der Waals surface area contributed by atoms with Gasteiger partial charge in [0, 0.05) is 31.6 Å². The first-order valence-corrected chi connectivity index (χ1v) is 16.4. The molecule has 2 spiro atoms. The molecule has 0 amide bonds. The van der Waals surface area contributed by atoms with Crippen LogP contribution in [-0.2, 0) is 33.2 Å². The number of rotatable bonds is 2. The Balaban J connectivity index is 1.04. The van der Waals surface area contributed by atoms with Gasteiger partial charge in [-0.05, 0) is 94.3 Å². The summed E-state index contributed by atoms with van der Waals surface area (Å²) in [4.78, 5) is 0. The number of hydrogen-bond donors (Lipinski definition) is 0. The maximum absolute atomic E-state index is 12.9. The third-order valence-corrected chi connectivity index (χ3v) is 12.8. The summed E-state index contributed by atoms with van der Waals surface area (Å²) >= 11 is 0. The molecule has 7 aliphatic rings. The molecule has 204 valence electrons. The Hall–Kier alpha value is -0.250. The van der Waals surface area contributed by atoms with Crippen molar-refractivity contribution in [3.8, 4) is 0 Å². The molecule has 8 heteroatoms. The molecule has 7 rings (SSSR count). The fraction of sp³-hybridized carbons (Fsp3) is 1.00. The third-order valence-electron chi connectivity index (χ3n) is 11.0. The number of ether oxygens (including phenoxy) is 4. The van der Waals surface area contributed by atoms with Gasteiger partial charge in [-0.1, -0.05) is 0 Å². The highest BCUT2D eigenvalue weighted by atomic mass is 32.2. The van der Waals surface area contributed by atoms with Crippen LogP contribution in [0.4, 0.5) is 0 Å². The lowest BCUT2D eigenvalue weighted by Gasteiger charge is -2.47. The molecule has 3 aliphatic heterocycles. The summed E-state index contributed by atoms with van der Waals surface area (Å²) in [6.45, 7) is 2.37. The van der Waals surface area contributed by atoms with Crippen molar-refractivity contribution >= 4 is 10.1 Å². The van der Waals surface area contributed by atoms with Gasteiger partial charge in [0.2, 0.25) is 0 Å². The largest absolute Gasteiger partial charge is 0.350 e. The van der Waals surface area contributed by atoms with E-state index < -0.39 is 15.9 Å². The van der Waals surface area contributed by atoms with E-state index in [2.05, 4.69) is 0 Å². The van der Waals surface area contributed by atoms with Gasteiger partial charge in [-0.2, -0.15) is 8.42 Å². The second kappa shape index (κ2) is 9.44. The second-order valence-corrected chi connectivity index (χ2v) is 14.7. The zero-order valence-electron chi connectivity index (χ0n) is 21.6. The predicted octanol–water partition coefficient (Wildman–Crippen LogP) is 4.93. The molecule has 36 heavy (non-hydrogen) atoms. The standard InChI is InChI=1S/C28H44O7S/c29-36(30)26-22-16-21(17-24(22)35-36)25(26)20-6-4-10-28(18-20)33-15-5-7-23(34-28)19-8-11-27(12-9-19)31-13-2-1-3-14-32-27/h19-26H,1-18H2. The maximum Gasteiger partial charge on any atom is 0.271 e. The molecule has 8 unspecified atom stereocenters. The van der Waals surface area contributed by atoms with Crippen LogP contribution in [0.1, 0.15) is 96.3 Å². The molecule has 0 aromatic rings. The van der Waals surface area contributed by atoms with Crippen molar-refractivity contribution in [3.05, 3.63) is 0 Å². The minimum absolute atomic E-state index is 0.0473. The van der Waals surface area contributed by atoms with E-state index in [1.54, 1.807) is 0 Å². The van der Waals surface area contributed by atoms with Crippen LogP contribution in [-0.4, -0.2) is 57.3 Å². The molecule has 0 radical (unpaired) electrons. The Morgan fingerprint density at radius 1 is 0.639 bits per heavy atom. The van der Waals surface area contributed by atoms with Crippen molar-refractivity contribution in [3.63, 3.8) is 0 Å². The lowest BCUT2D eigenvalue weighted by atomic mass is 9.70. The summed E-state index contributed by atoms with van der Waals surface area (Å²) in [6, 6.07) is 0. The molecule has 7 fully saturated rings. The van der Waals surface area contributed by atoms with Gasteiger partial charge in [0.1, 0.15) is 0 Å². The molecule has 4 saturated carbocycles. The van der Waals surface area contributed by atoms with Crippen LogP contribution in [0.3, 0.4) is 0 Å². The fourth-order valence-corrected chi connectivity index (χ4v) is 11.7. The molecule has 0 aromatic heterocycles. The van der Waals surface area contributed by atoms with Crippen LogP contribution in [0.2, 0.25) is 0 Å². The quantitative estimate of drug-likeness (QED) is 0.474. The molecule has 0 N–H and O–H groups in total. The van der Waals surface area contributed by atoms with Crippen LogP contribution >= 0.6 is 0 Å². The Bertz CT molecular complexity index is 903. The highest BCUT2D eigenvalue weighted by molar-refractivity contribution is 7.87. The van der Waals surface area contributed by atoms with E-state index in [1.807, 2.05) is 0 Å². The van der Waals surface area contributed by atoms with Crippen LogP contribution in [0.15, 0.2) is 0 Å². The monoisotopic (exact) mass is 524 g/mol.